The topological polar surface area (TPSA) is 39.1 Å². The van der Waals surface area contributed by atoms with Crippen molar-refractivity contribution in [3.05, 3.63) is 53.3 Å². The summed E-state index contributed by atoms with van der Waals surface area (Å²) in [7, 11) is 3.63. The minimum Gasteiger partial charge on any atom is -0.495 e. The van der Waals surface area contributed by atoms with Gasteiger partial charge in [0, 0.05) is 12.7 Å². The first kappa shape index (κ1) is 13.8. The van der Waals surface area contributed by atoms with E-state index < -0.39 is 0 Å². The van der Waals surface area contributed by atoms with Gasteiger partial charge in [-0.05, 0) is 30.3 Å². The van der Waals surface area contributed by atoms with Crippen LogP contribution in [0.2, 0.25) is 5.02 Å². The van der Waals surface area contributed by atoms with Crippen molar-refractivity contribution in [2.24, 2.45) is 7.05 Å². The summed E-state index contributed by atoms with van der Waals surface area (Å²) in [6, 6.07) is 13.7. The molecule has 0 fully saturated rings. The highest BCUT2D eigenvalue weighted by Gasteiger charge is 2.07. The number of para-hydroxylation sites is 2. The lowest BCUT2D eigenvalue weighted by molar-refractivity contribution is 0.415. The zero-order chi connectivity index (χ0) is 14.8. The number of aryl methyl sites for hydroxylation is 1. The number of hydrogen-bond acceptors (Lipinski definition) is 3. The van der Waals surface area contributed by atoms with E-state index >= 15 is 0 Å². The molecule has 3 aromatic rings. The molecule has 0 aliphatic heterocycles. The molecule has 1 N–H and O–H groups in total. The summed E-state index contributed by atoms with van der Waals surface area (Å²) in [4.78, 5) is 4.63. The fraction of sp³-hybridized carbons (Fsp3) is 0.188. The Morgan fingerprint density at radius 3 is 2.76 bits per heavy atom. The maximum atomic E-state index is 6.12. The van der Waals surface area contributed by atoms with E-state index in [-0.39, 0.29) is 0 Å². The van der Waals surface area contributed by atoms with Crippen LogP contribution < -0.4 is 10.1 Å². The van der Waals surface area contributed by atoms with E-state index in [0.717, 1.165) is 22.5 Å². The van der Waals surface area contributed by atoms with Crippen molar-refractivity contribution >= 4 is 28.3 Å². The van der Waals surface area contributed by atoms with Gasteiger partial charge in [-0.1, -0.05) is 23.7 Å². The van der Waals surface area contributed by atoms with Gasteiger partial charge in [-0.25, -0.2) is 4.98 Å². The molecule has 0 atom stereocenters. The molecule has 5 heteroatoms. The number of methoxy groups -OCH3 is 1. The second-order valence-corrected chi connectivity index (χ2v) is 5.19. The fourth-order valence-electron chi connectivity index (χ4n) is 2.31. The van der Waals surface area contributed by atoms with Crippen LogP contribution in [0.5, 0.6) is 5.75 Å². The van der Waals surface area contributed by atoms with Crippen LogP contribution in [-0.2, 0) is 13.6 Å². The Balaban J connectivity index is 1.80. The number of anilines is 1. The second-order valence-electron chi connectivity index (χ2n) is 4.78. The smallest absolute Gasteiger partial charge is 0.137 e. The number of aromatic nitrogens is 2. The normalized spacial score (nSPS) is 10.8. The molecule has 0 unspecified atom stereocenters. The number of benzene rings is 2. The molecule has 0 radical (unpaired) electrons. The Bertz CT molecular complexity index is 782. The van der Waals surface area contributed by atoms with E-state index in [2.05, 4.69) is 20.9 Å². The number of ether oxygens (including phenoxy) is 1. The molecule has 0 aliphatic carbocycles. The highest BCUT2D eigenvalue weighted by atomic mass is 35.5. The largest absolute Gasteiger partial charge is 0.495 e. The van der Waals surface area contributed by atoms with Crippen molar-refractivity contribution in [1.82, 2.24) is 9.55 Å². The summed E-state index contributed by atoms with van der Waals surface area (Å²) in [5.41, 5.74) is 3.07. The van der Waals surface area contributed by atoms with Gasteiger partial charge in [0.15, 0.2) is 0 Å². The van der Waals surface area contributed by atoms with Crippen molar-refractivity contribution in [1.29, 1.82) is 0 Å². The first-order valence-corrected chi connectivity index (χ1v) is 7.04. The lowest BCUT2D eigenvalue weighted by Gasteiger charge is -2.09. The molecular formula is C16H16ClN3O. The molecule has 1 heterocycles. The van der Waals surface area contributed by atoms with Gasteiger partial charge in [0.1, 0.15) is 11.6 Å². The fourth-order valence-corrected chi connectivity index (χ4v) is 2.57. The van der Waals surface area contributed by atoms with Gasteiger partial charge in [0.2, 0.25) is 0 Å². The Labute approximate surface area is 128 Å². The number of nitrogens with one attached hydrogen (secondary N) is 1. The third kappa shape index (κ3) is 2.67. The van der Waals surface area contributed by atoms with Gasteiger partial charge < -0.3 is 14.6 Å². The van der Waals surface area contributed by atoms with Gasteiger partial charge in [-0.3, -0.25) is 0 Å². The molecule has 0 saturated carbocycles. The van der Waals surface area contributed by atoms with Crippen LogP contribution in [0.1, 0.15) is 5.82 Å². The van der Waals surface area contributed by atoms with Crippen molar-refractivity contribution in [2.75, 3.05) is 12.4 Å². The summed E-state index contributed by atoms with van der Waals surface area (Å²) in [6.45, 7) is 0.633. The van der Waals surface area contributed by atoms with Crippen molar-refractivity contribution in [3.63, 3.8) is 0 Å². The molecule has 0 saturated heterocycles. The first-order valence-electron chi connectivity index (χ1n) is 6.67. The Kier molecular flexibility index (Phi) is 3.71. The summed E-state index contributed by atoms with van der Waals surface area (Å²) >= 11 is 6.12. The van der Waals surface area contributed by atoms with Crippen LogP contribution in [0.4, 0.5) is 5.69 Å². The highest BCUT2D eigenvalue weighted by Crippen LogP contribution is 2.27. The van der Waals surface area contributed by atoms with Crippen molar-refractivity contribution in [2.45, 2.75) is 6.54 Å². The van der Waals surface area contributed by atoms with Crippen LogP contribution in [0, 0.1) is 0 Å². The SMILES string of the molecule is COc1ccc(NCc2nc3ccccc3n2C)cc1Cl. The van der Waals surface area contributed by atoms with E-state index in [9.17, 15) is 0 Å². The van der Waals surface area contributed by atoms with E-state index in [1.54, 1.807) is 7.11 Å². The zero-order valence-electron chi connectivity index (χ0n) is 11.9. The van der Waals surface area contributed by atoms with Crippen LogP contribution >= 0.6 is 11.6 Å². The summed E-state index contributed by atoms with van der Waals surface area (Å²) < 4.78 is 7.24. The predicted molar refractivity (Wildman–Crippen MR) is 86.0 cm³/mol. The summed E-state index contributed by atoms with van der Waals surface area (Å²) in [5.74, 6) is 1.65. The molecule has 108 valence electrons. The van der Waals surface area contributed by atoms with Crippen LogP contribution in [0.15, 0.2) is 42.5 Å². The minimum atomic E-state index is 0.590. The molecule has 0 bridgehead atoms. The Hall–Kier alpha value is -2.20. The van der Waals surface area contributed by atoms with Crippen LogP contribution in [0.3, 0.4) is 0 Å². The Morgan fingerprint density at radius 1 is 1.24 bits per heavy atom. The average molecular weight is 302 g/mol. The number of nitrogens with zero attached hydrogens (tertiary/aromatic N) is 2. The quantitative estimate of drug-likeness (QED) is 0.795. The van der Waals surface area contributed by atoms with Crippen LogP contribution in [-0.4, -0.2) is 16.7 Å². The lowest BCUT2D eigenvalue weighted by Crippen LogP contribution is -2.05. The van der Waals surface area contributed by atoms with Crippen molar-refractivity contribution in [3.8, 4) is 5.75 Å². The van der Waals surface area contributed by atoms with Crippen molar-refractivity contribution < 1.29 is 4.74 Å². The van der Waals surface area contributed by atoms with Crippen LogP contribution in [0.25, 0.3) is 11.0 Å². The third-order valence-electron chi connectivity index (χ3n) is 3.48. The predicted octanol–water partition coefficient (Wildman–Crippen LogP) is 3.85. The molecule has 4 nitrogen and oxygen atoms in total. The summed E-state index contributed by atoms with van der Waals surface area (Å²) in [6.07, 6.45) is 0. The molecule has 1 aromatic heterocycles. The monoisotopic (exact) mass is 301 g/mol. The third-order valence-corrected chi connectivity index (χ3v) is 3.78. The van der Waals surface area contributed by atoms with E-state index in [1.807, 2.05) is 43.4 Å². The highest BCUT2D eigenvalue weighted by molar-refractivity contribution is 6.32. The number of rotatable bonds is 4. The van der Waals surface area contributed by atoms with Gasteiger partial charge in [0.25, 0.3) is 0 Å². The molecule has 0 aliphatic rings. The zero-order valence-corrected chi connectivity index (χ0v) is 12.7. The van der Waals surface area contributed by atoms with E-state index in [0.29, 0.717) is 17.3 Å². The van der Waals surface area contributed by atoms with E-state index in [4.69, 9.17) is 16.3 Å². The van der Waals surface area contributed by atoms with E-state index in [1.165, 1.54) is 0 Å². The minimum absolute atomic E-state index is 0.590. The first-order chi connectivity index (χ1) is 10.2. The number of fused-ring (bicyclic) bond motifs is 1. The molecule has 0 spiro atoms. The summed E-state index contributed by atoms with van der Waals surface area (Å²) in [5, 5.41) is 3.92. The standard InChI is InChI=1S/C16H16ClN3O/c1-20-14-6-4-3-5-13(14)19-16(20)10-18-11-7-8-15(21-2)12(17)9-11/h3-9,18H,10H2,1-2H3. The van der Waals surface area contributed by atoms with Gasteiger partial charge in [0.05, 0.1) is 29.7 Å². The Morgan fingerprint density at radius 2 is 2.05 bits per heavy atom. The molecular weight excluding hydrogens is 286 g/mol. The second kappa shape index (κ2) is 5.66. The van der Waals surface area contributed by atoms with Gasteiger partial charge >= 0.3 is 0 Å². The molecule has 21 heavy (non-hydrogen) atoms. The molecule has 2 aromatic carbocycles. The maximum absolute atomic E-state index is 6.12. The molecule has 3 rings (SSSR count). The van der Waals surface area contributed by atoms with Gasteiger partial charge in [-0.2, -0.15) is 0 Å². The number of halogens is 1. The maximum Gasteiger partial charge on any atom is 0.137 e. The van der Waals surface area contributed by atoms with Gasteiger partial charge in [-0.15, -0.1) is 0 Å². The molecule has 0 amide bonds. The number of hydrogen-bond donors (Lipinski definition) is 1. The number of imidazole rings is 1. The average Bonchev–Trinajstić information content (AvgIpc) is 2.82. The lowest BCUT2D eigenvalue weighted by atomic mass is 10.3.